The van der Waals surface area contributed by atoms with E-state index >= 15 is 0 Å². The zero-order chi connectivity index (χ0) is 9.26. The molecule has 0 spiro atoms. The molecule has 0 radical (unpaired) electrons. The summed E-state index contributed by atoms with van der Waals surface area (Å²) in [4.78, 5) is 0. The Hall–Kier alpha value is -1.16. The number of hydrogen-bond acceptors (Lipinski definition) is 3. The molecule has 13 heavy (non-hydrogen) atoms. The topological polar surface area (TPSA) is 46.5 Å². The molecule has 0 atom stereocenters. The molecule has 0 heterocycles. The van der Waals surface area contributed by atoms with Gasteiger partial charge in [-0.2, -0.15) is 8.42 Å². The van der Waals surface area contributed by atoms with Crippen molar-refractivity contribution in [3.8, 4) is 0 Å². The molecule has 1 aromatic carbocycles. The molecule has 0 N–H and O–H groups in total. The summed E-state index contributed by atoms with van der Waals surface area (Å²) in [5, 5.41) is 0. The third-order valence-corrected chi connectivity index (χ3v) is 2.47. The number of benzene rings is 1. The normalized spacial score (nSPS) is 15.4. The van der Waals surface area contributed by atoms with Gasteiger partial charge in [0.25, 0.3) is 0 Å². The van der Waals surface area contributed by atoms with Gasteiger partial charge in [-0.25, -0.2) is 0 Å². The minimum Gasteiger partial charge on any atom is -0.163 e. The molecule has 4 heteroatoms. The second-order valence-corrected chi connectivity index (χ2v) is 3.76. The lowest BCUT2D eigenvalue weighted by Gasteiger charge is -1.99. The van der Waals surface area contributed by atoms with Gasteiger partial charge in [-0.15, -0.1) is 4.36 Å². The number of nitrogens with zero attached hydrogens (tertiary/aromatic N) is 1. The largest absolute Gasteiger partial charge is 0.316 e. The maximum absolute atomic E-state index is 10.4. The summed E-state index contributed by atoms with van der Waals surface area (Å²) in [6.45, 7) is 0. The van der Waals surface area contributed by atoms with Crippen LogP contribution in [0.1, 0.15) is 24.3 Å². The average Bonchev–Trinajstić information content (AvgIpc) is 2.87. The summed E-state index contributed by atoms with van der Waals surface area (Å²) >= 11 is 0. The zero-order valence-corrected chi connectivity index (χ0v) is 7.79. The highest BCUT2D eigenvalue weighted by atomic mass is 32.2. The van der Waals surface area contributed by atoms with Gasteiger partial charge >= 0.3 is 10.5 Å². The van der Waals surface area contributed by atoms with Crippen LogP contribution in [0.25, 0.3) is 0 Å². The molecule has 0 unspecified atom stereocenters. The van der Waals surface area contributed by atoms with Crippen molar-refractivity contribution in [2.45, 2.75) is 18.8 Å². The first-order chi connectivity index (χ1) is 6.27. The lowest BCUT2D eigenvalue weighted by molar-refractivity contribution is 0.622. The van der Waals surface area contributed by atoms with E-state index in [9.17, 15) is 8.42 Å². The average molecular weight is 195 g/mol. The minimum atomic E-state index is -2.34. The molecular formula is C9H9NO2S. The summed E-state index contributed by atoms with van der Waals surface area (Å²) in [7, 11) is -2.34. The van der Waals surface area contributed by atoms with E-state index < -0.39 is 10.5 Å². The molecule has 0 aliphatic heterocycles. The molecule has 1 saturated carbocycles. The summed E-state index contributed by atoms with van der Waals surface area (Å²) in [5.41, 5.74) is 1.66. The monoisotopic (exact) mass is 195 g/mol. The van der Waals surface area contributed by atoms with Crippen molar-refractivity contribution in [1.82, 2.24) is 0 Å². The van der Waals surface area contributed by atoms with Crippen molar-refractivity contribution < 1.29 is 8.42 Å². The highest BCUT2D eigenvalue weighted by Gasteiger charge is 2.25. The fourth-order valence-corrected chi connectivity index (χ4v) is 1.72. The molecule has 0 amide bonds. The molecule has 1 aliphatic rings. The smallest absolute Gasteiger partial charge is 0.163 e. The first kappa shape index (κ1) is 8.44. The lowest BCUT2D eigenvalue weighted by atomic mass is 10.1. The van der Waals surface area contributed by atoms with Gasteiger partial charge in [0.05, 0.1) is 5.69 Å². The van der Waals surface area contributed by atoms with Gasteiger partial charge in [0.1, 0.15) is 0 Å². The highest BCUT2D eigenvalue weighted by Crippen LogP contribution is 2.43. The van der Waals surface area contributed by atoms with Gasteiger partial charge in [0, 0.05) is 0 Å². The maximum atomic E-state index is 10.4. The van der Waals surface area contributed by atoms with E-state index in [1.807, 2.05) is 12.1 Å². The molecule has 3 nitrogen and oxygen atoms in total. The van der Waals surface area contributed by atoms with Crippen LogP contribution in [0.4, 0.5) is 5.69 Å². The molecule has 1 fully saturated rings. The summed E-state index contributed by atoms with van der Waals surface area (Å²) in [6.07, 6.45) is 2.30. The molecule has 2 rings (SSSR count). The van der Waals surface area contributed by atoms with E-state index in [1.54, 1.807) is 12.1 Å². The van der Waals surface area contributed by atoms with Gasteiger partial charge < -0.3 is 0 Å². The summed E-state index contributed by atoms with van der Waals surface area (Å²) < 4.78 is 24.3. The minimum absolute atomic E-state index is 0.531. The Morgan fingerprint density at radius 2 is 1.92 bits per heavy atom. The van der Waals surface area contributed by atoms with Crippen LogP contribution in [0, 0.1) is 0 Å². The van der Waals surface area contributed by atoms with Crippen LogP contribution < -0.4 is 0 Å². The molecule has 0 aromatic heterocycles. The van der Waals surface area contributed by atoms with Crippen LogP contribution in [0.3, 0.4) is 0 Å². The van der Waals surface area contributed by atoms with Gasteiger partial charge in [0.15, 0.2) is 0 Å². The van der Waals surface area contributed by atoms with Crippen molar-refractivity contribution in [1.29, 1.82) is 0 Å². The van der Waals surface area contributed by atoms with Crippen LogP contribution in [-0.2, 0) is 10.5 Å². The van der Waals surface area contributed by atoms with Crippen LogP contribution in [0.5, 0.6) is 0 Å². The third-order valence-electron chi connectivity index (χ3n) is 2.13. The van der Waals surface area contributed by atoms with E-state index in [-0.39, 0.29) is 0 Å². The second kappa shape index (κ2) is 3.30. The highest BCUT2D eigenvalue weighted by molar-refractivity contribution is 7.61. The number of rotatable bonds is 2. The fraction of sp³-hybridized carbons (Fsp3) is 0.333. The van der Waals surface area contributed by atoms with E-state index in [0.717, 1.165) is 18.4 Å². The Bertz CT molecular complexity index is 438. The van der Waals surface area contributed by atoms with Gasteiger partial charge in [0.2, 0.25) is 0 Å². The molecule has 1 aromatic rings. The lowest BCUT2D eigenvalue weighted by Crippen LogP contribution is -1.78. The van der Waals surface area contributed by atoms with E-state index in [0.29, 0.717) is 11.6 Å². The SMILES string of the molecule is O=S(=O)=Nc1ccccc1C1CC1. The fourth-order valence-electron chi connectivity index (χ4n) is 1.39. The van der Waals surface area contributed by atoms with Crippen molar-refractivity contribution in [2.75, 3.05) is 0 Å². The third kappa shape index (κ3) is 1.95. The maximum Gasteiger partial charge on any atom is 0.316 e. The first-order valence-electron chi connectivity index (χ1n) is 4.17. The van der Waals surface area contributed by atoms with Crippen molar-refractivity contribution >= 4 is 16.2 Å². The summed E-state index contributed by atoms with van der Waals surface area (Å²) in [6, 6.07) is 7.41. The molecule has 1 aliphatic carbocycles. The van der Waals surface area contributed by atoms with Crippen molar-refractivity contribution in [3.63, 3.8) is 0 Å². The second-order valence-electron chi connectivity index (χ2n) is 3.14. The Morgan fingerprint density at radius 1 is 1.23 bits per heavy atom. The number of hydrogen-bond donors (Lipinski definition) is 0. The predicted molar refractivity (Wildman–Crippen MR) is 49.4 cm³/mol. The zero-order valence-electron chi connectivity index (χ0n) is 6.97. The van der Waals surface area contributed by atoms with E-state index in [1.165, 1.54) is 0 Å². The van der Waals surface area contributed by atoms with Crippen molar-refractivity contribution in [3.05, 3.63) is 29.8 Å². The van der Waals surface area contributed by atoms with E-state index in [2.05, 4.69) is 4.36 Å². The molecule has 0 bridgehead atoms. The Morgan fingerprint density at radius 3 is 2.54 bits per heavy atom. The van der Waals surface area contributed by atoms with Gasteiger partial charge in [-0.1, -0.05) is 18.2 Å². The first-order valence-corrected chi connectivity index (χ1v) is 5.20. The van der Waals surface area contributed by atoms with E-state index in [4.69, 9.17) is 0 Å². The van der Waals surface area contributed by atoms with Crippen LogP contribution in [0.2, 0.25) is 0 Å². The van der Waals surface area contributed by atoms with Crippen molar-refractivity contribution in [2.24, 2.45) is 4.36 Å². The van der Waals surface area contributed by atoms with Gasteiger partial charge in [-0.3, -0.25) is 0 Å². The molecule has 0 saturated heterocycles. The van der Waals surface area contributed by atoms with Gasteiger partial charge in [-0.05, 0) is 30.4 Å². The predicted octanol–water partition coefficient (Wildman–Crippen LogP) is 2.26. The summed E-state index contributed by atoms with van der Waals surface area (Å²) in [5.74, 6) is 0.531. The quantitative estimate of drug-likeness (QED) is 0.726. The Labute approximate surface area is 78.1 Å². The van der Waals surface area contributed by atoms with Crippen LogP contribution in [-0.4, -0.2) is 8.42 Å². The molecule has 68 valence electrons. The Kier molecular flexibility index (Phi) is 2.14. The Balaban J connectivity index is 2.48. The molecular weight excluding hydrogens is 186 g/mol. The van der Waals surface area contributed by atoms with Crippen LogP contribution in [0.15, 0.2) is 28.6 Å². The standard InChI is InChI=1S/C9H9NO2S/c11-13(12)10-9-4-2-1-3-8(9)7-5-6-7/h1-4,7H,5-6H2. The van der Waals surface area contributed by atoms with Crippen LogP contribution >= 0.6 is 0 Å².